The summed E-state index contributed by atoms with van der Waals surface area (Å²) in [5.41, 5.74) is 3.58. The van der Waals surface area contributed by atoms with Crippen molar-refractivity contribution < 1.29 is 14.0 Å². The predicted molar refractivity (Wildman–Crippen MR) is 102 cm³/mol. The molecule has 1 saturated carbocycles. The van der Waals surface area contributed by atoms with Crippen molar-refractivity contribution in [1.82, 2.24) is 5.32 Å². The highest BCUT2D eigenvalue weighted by Crippen LogP contribution is 2.36. The molecule has 140 valence electrons. The van der Waals surface area contributed by atoms with E-state index in [1.54, 1.807) is 12.1 Å². The Morgan fingerprint density at radius 2 is 1.89 bits per heavy atom. The van der Waals surface area contributed by atoms with Crippen molar-refractivity contribution in [2.24, 2.45) is 5.92 Å². The first-order valence-corrected chi connectivity index (χ1v) is 9.34. The first kappa shape index (κ1) is 17.5. The van der Waals surface area contributed by atoms with Gasteiger partial charge >= 0.3 is 6.03 Å². The predicted octanol–water partition coefficient (Wildman–Crippen LogP) is 3.84. The number of carbonyl (C=O) groups excluding carboxylic acids is 2. The van der Waals surface area contributed by atoms with Crippen LogP contribution in [-0.2, 0) is 17.8 Å². The number of aryl methyl sites for hydroxylation is 1. The summed E-state index contributed by atoms with van der Waals surface area (Å²) in [7, 11) is 0. The lowest BCUT2D eigenvalue weighted by atomic mass is 10.0. The van der Waals surface area contributed by atoms with Gasteiger partial charge in [-0.25, -0.2) is 9.18 Å². The maximum absolute atomic E-state index is 12.9. The molecule has 0 atom stereocenters. The summed E-state index contributed by atoms with van der Waals surface area (Å²) in [5, 5.41) is 5.59. The van der Waals surface area contributed by atoms with Gasteiger partial charge in [0.05, 0.1) is 0 Å². The second-order valence-electron chi connectivity index (χ2n) is 7.15. The van der Waals surface area contributed by atoms with Gasteiger partial charge in [0.15, 0.2) is 0 Å². The molecule has 2 aromatic carbocycles. The molecule has 0 unspecified atom stereocenters. The van der Waals surface area contributed by atoms with Crippen molar-refractivity contribution in [1.29, 1.82) is 0 Å². The number of halogens is 1. The summed E-state index contributed by atoms with van der Waals surface area (Å²) >= 11 is 0. The Labute approximate surface area is 157 Å². The number of fused-ring (bicyclic) bond motifs is 1. The van der Waals surface area contributed by atoms with E-state index < -0.39 is 0 Å². The number of rotatable bonds is 4. The molecule has 1 heterocycles. The van der Waals surface area contributed by atoms with Crippen LogP contribution in [0.1, 0.15) is 30.4 Å². The fourth-order valence-corrected chi connectivity index (χ4v) is 3.41. The average Bonchev–Trinajstić information content (AvgIpc) is 3.51. The number of benzene rings is 2. The maximum Gasteiger partial charge on any atom is 0.319 e. The van der Waals surface area contributed by atoms with E-state index in [0.717, 1.165) is 49.0 Å². The van der Waals surface area contributed by atoms with Crippen LogP contribution in [0.15, 0.2) is 42.5 Å². The van der Waals surface area contributed by atoms with Crippen LogP contribution in [0.25, 0.3) is 0 Å². The fourth-order valence-electron chi connectivity index (χ4n) is 3.41. The van der Waals surface area contributed by atoms with E-state index >= 15 is 0 Å². The number of nitrogens with one attached hydrogen (secondary N) is 2. The number of amides is 3. The third kappa shape index (κ3) is 4.10. The second-order valence-corrected chi connectivity index (χ2v) is 7.15. The van der Waals surface area contributed by atoms with Crippen molar-refractivity contribution >= 4 is 23.3 Å². The highest BCUT2D eigenvalue weighted by atomic mass is 19.1. The summed E-state index contributed by atoms with van der Waals surface area (Å²) in [4.78, 5) is 26.5. The molecule has 5 nitrogen and oxygen atoms in total. The van der Waals surface area contributed by atoms with Crippen LogP contribution in [0.4, 0.5) is 20.6 Å². The molecule has 3 amide bonds. The Balaban J connectivity index is 1.38. The Bertz CT molecular complexity index is 862. The summed E-state index contributed by atoms with van der Waals surface area (Å²) in [5.74, 6) is 0.131. The van der Waals surface area contributed by atoms with Gasteiger partial charge in [0.25, 0.3) is 0 Å². The molecule has 2 aliphatic rings. The lowest BCUT2D eigenvalue weighted by molar-refractivity contribution is -0.119. The molecule has 1 aliphatic heterocycles. The molecule has 0 radical (unpaired) electrons. The first-order chi connectivity index (χ1) is 13.1. The summed E-state index contributed by atoms with van der Waals surface area (Å²) in [6, 6.07) is 11.4. The van der Waals surface area contributed by atoms with Gasteiger partial charge in [-0.1, -0.05) is 12.1 Å². The number of nitrogens with zero attached hydrogens (tertiary/aromatic N) is 1. The van der Waals surface area contributed by atoms with Crippen LogP contribution < -0.4 is 15.5 Å². The highest BCUT2D eigenvalue weighted by Gasteiger charge is 2.35. The molecule has 0 saturated heterocycles. The minimum atomic E-state index is -0.319. The second kappa shape index (κ2) is 7.39. The number of hydrogen-bond donors (Lipinski definition) is 2. The SMILES string of the molecule is O=C(NCc1ccc(F)cc1)Nc1ccc2c(c1)CCCN2C(=O)C1CC1. The van der Waals surface area contributed by atoms with E-state index in [2.05, 4.69) is 10.6 Å². The lowest BCUT2D eigenvalue weighted by Crippen LogP contribution is -2.36. The summed E-state index contributed by atoms with van der Waals surface area (Å²) < 4.78 is 12.9. The Kier molecular flexibility index (Phi) is 4.79. The van der Waals surface area contributed by atoms with Gasteiger partial charge < -0.3 is 15.5 Å². The maximum atomic E-state index is 12.9. The lowest BCUT2D eigenvalue weighted by Gasteiger charge is -2.30. The molecule has 2 N–H and O–H groups in total. The van der Waals surface area contributed by atoms with Gasteiger partial charge in [-0.2, -0.15) is 0 Å². The molecule has 2 aromatic rings. The zero-order chi connectivity index (χ0) is 18.8. The minimum Gasteiger partial charge on any atom is -0.334 e. The van der Waals surface area contributed by atoms with Gasteiger partial charge in [-0.05, 0) is 67.1 Å². The number of hydrogen-bond acceptors (Lipinski definition) is 2. The summed E-state index contributed by atoms with van der Waals surface area (Å²) in [6.07, 6.45) is 3.83. The van der Waals surface area contributed by atoms with E-state index in [9.17, 15) is 14.0 Å². The van der Waals surface area contributed by atoms with Crippen LogP contribution in [0.2, 0.25) is 0 Å². The van der Waals surface area contributed by atoms with E-state index in [4.69, 9.17) is 0 Å². The normalized spacial score (nSPS) is 15.8. The van der Waals surface area contributed by atoms with E-state index in [1.807, 2.05) is 23.1 Å². The van der Waals surface area contributed by atoms with Gasteiger partial charge in [0.1, 0.15) is 5.82 Å². The molecular formula is C21H22FN3O2. The van der Waals surface area contributed by atoms with Crippen LogP contribution in [0.5, 0.6) is 0 Å². The molecule has 0 aromatic heterocycles. The highest BCUT2D eigenvalue weighted by molar-refractivity contribution is 5.98. The Morgan fingerprint density at radius 3 is 2.63 bits per heavy atom. The molecule has 1 fully saturated rings. The van der Waals surface area contributed by atoms with E-state index in [-0.39, 0.29) is 23.7 Å². The number of anilines is 2. The van der Waals surface area contributed by atoms with Crippen molar-refractivity contribution in [3.05, 3.63) is 59.4 Å². The van der Waals surface area contributed by atoms with Gasteiger partial charge in [0, 0.05) is 30.4 Å². The van der Waals surface area contributed by atoms with Crippen LogP contribution in [0, 0.1) is 11.7 Å². The third-order valence-electron chi connectivity index (χ3n) is 5.01. The van der Waals surface area contributed by atoms with Gasteiger partial charge in [-0.3, -0.25) is 4.79 Å². The molecule has 27 heavy (non-hydrogen) atoms. The molecule has 1 aliphatic carbocycles. The monoisotopic (exact) mass is 367 g/mol. The van der Waals surface area contributed by atoms with Crippen molar-refractivity contribution in [2.45, 2.75) is 32.2 Å². The smallest absolute Gasteiger partial charge is 0.319 e. The van der Waals surface area contributed by atoms with Crippen LogP contribution in [0.3, 0.4) is 0 Å². The fraction of sp³-hybridized carbons (Fsp3) is 0.333. The minimum absolute atomic E-state index is 0.200. The van der Waals surface area contributed by atoms with Crippen molar-refractivity contribution in [3.8, 4) is 0 Å². The molecule has 0 bridgehead atoms. The molecule has 4 rings (SSSR count). The Morgan fingerprint density at radius 1 is 1.11 bits per heavy atom. The topological polar surface area (TPSA) is 61.4 Å². The van der Waals surface area contributed by atoms with Gasteiger partial charge in [0.2, 0.25) is 5.91 Å². The standard InChI is InChI=1S/C21H22FN3O2/c22-17-7-3-14(4-8-17)13-23-21(27)24-18-9-10-19-16(12-18)2-1-11-25(19)20(26)15-5-6-15/h3-4,7-10,12,15H,1-2,5-6,11,13H2,(H2,23,24,27). The number of urea groups is 1. The zero-order valence-corrected chi connectivity index (χ0v) is 15.0. The molecule has 0 spiro atoms. The molecular weight excluding hydrogens is 345 g/mol. The third-order valence-corrected chi connectivity index (χ3v) is 5.01. The van der Waals surface area contributed by atoms with E-state index in [1.165, 1.54) is 12.1 Å². The Hall–Kier alpha value is -2.89. The van der Waals surface area contributed by atoms with Crippen molar-refractivity contribution in [2.75, 3.05) is 16.8 Å². The largest absolute Gasteiger partial charge is 0.334 e. The first-order valence-electron chi connectivity index (χ1n) is 9.34. The van der Waals surface area contributed by atoms with Crippen molar-refractivity contribution in [3.63, 3.8) is 0 Å². The number of carbonyl (C=O) groups is 2. The average molecular weight is 367 g/mol. The van der Waals surface area contributed by atoms with E-state index in [0.29, 0.717) is 12.2 Å². The summed E-state index contributed by atoms with van der Waals surface area (Å²) in [6.45, 7) is 1.09. The molecule has 6 heteroatoms. The van der Waals surface area contributed by atoms with Crippen LogP contribution >= 0.6 is 0 Å². The zero-order valence-electron chi connectivity index (χ0n) is 15.0. The quantitative estimate of drug-likeness (QED) is 0.863. The van der Waals surface area contributed by atoms with Crippen LogP contribution in [-0.4, -0.2) is 18.5 Å². The van der Waals surface area contributed by atoms with Gasteiger partial charge in [-0.15, -0.1) is 0 Å².